The van der Waals surface area contributed by atoms with E-state index in [2.05, 4.69) is 31.0 Å². The van der Waals surface area contributed by atoms with E-state index in [1.54, 1.807) is 0 Å². The van der Waals surface area contributed by atoms with Crippen LogP contribution in [0.2, 0.25) is 0 Å². The molecule has 4 unspecified atom stereocenters. The number of carbonyl (C=O) groups is 1. The molecule has 1 heterocycles. The summed E-state index contributed by atoms with van der Waals surface area (Å²) < 4.78 is 0. The van der Waals surface area contributed by atoms with E-state index in [-0.39, 0.29) is 11.9 Å². The van der Waals surface area contributed by atoms with Crippen molar-refractivity contribution in [3.63, 3.8) is 0 Å². The van der Waals surface area contributed by atoms with Crippen molar-refractivity contribution in [1.29, 1.82) is 0 Å². The first-order valence-electron chi connectivity index (χ1n) is 8.08. The molecule has 1 saturated heterocycles. The lowest BCUT2D eigenvalue weighted by Crippen LogP contribution is -2.60. The second-order valence-electron chi connectivity index (χ2n) is 7.64. The van der Waals surface area contributed by atoms with Gasteiger partial charge in [-0.1, -0.05) is 20.8 Å². The zero-order valence-electron chi connectivity index (χ0n) is 13.5. The van der Waals surface area contributed by atoms with Gasteiger partial charge < -0.3 is 11.1 Å². The average Bonchev–Trinajstić information content (AvgIpc) is 2.40. The summed E-state index contributed by atoms with van der Waals surface area (Å²) in [6, 6.07) is 0.459. The molecule has 2 fully saturated rings. The van der Waals surface area contributed by atoms with E-state index < -0.39 is 0 Å². The van der Waals surface area contributed by atoms with Gasteiger partial charge in [-0.25, -0.2) is 0 Å². The molecule has 0 aromatic heterocycles. The highest BCUT2D eigenvalue weighted by atomic mass is 16.2. The van der Waals surface area contributed by atoms with Crippen LogP contribution < -0.4 is 11.1 Å². The first-order chi connectivity index (χ1) is 9.34. The molecule has 1 aliphatic carbocycles. The number of hydrogen-bond donors (Lipinski definition) is 2. The minimum atomic E-state index is -0.0125. The Bertz CT molecular complexity index is 350. The number of nitrogens with zero attached hydrogens (tertiary/aromatic N) is 1. The Morgan fingerprint density at radius 3 is 2.65 bits per heavy atom. The van der Waals surface area contributed by atoms with E-state index in [1.165, 1.54) is 19.3 Å². The van der Waals surface area contributed by atoms with Gasteiger partial charge in [0.2, 0.25) is 5.91 Å². The maximum Gasteiger partial charge on any atom is 0.237 e. The third kappa shape index (κ3) is 3.17. The summed E-state index contributed by atoms with van der Waals surface area (Å²) in [4.78, 5) is 14.3. The number of carbonyl (C=O) groups excluding carboxylic acids is 1. The molecule has 4 atom stereocenters. The molecule has 0 spiro atoms. The van der Waals surface area contributed by atoms with Gasteiger partial charge in [-0.15, -0.1) is 0 Å². The Labute approximate surface area is 123 Å². The van der Waals surface area contributed by atoms with E-state index in [0.717, 1.165) is 25.6 Å². The lowest BCUT2D eigenvalue weighted by Gasteiger charge is -2.48. The second kappa shape index (κ2) is 6.02. The molecule has 0 radical (unpaired) electrons. The summed E-state index contributed by atoms with van der Waals surface area (Å²) in [5.74, 6) is 1.44. The van der Waals surface area contributed by atoms with Crippen LogP contribution in [0.5, 0.6) is 0 Å². The van der Waals surface area contributed by atoms with E-state index in [1.807, 2.05) is 6.92 Å². The number of amides is 1. The quantitative estimate of drug-likeness (QED) is 0.808. The maximum atomic E-state index is 11.9. The van der Waals surface area contributed by atoms with Crippen molar-refractivity contribution in [1.82, 2.24) is 10.2 Å². The third-order valence-electron chi connectivity index (χ3n) is 5.46. The fraction of sp³-hybridized carbons (Fsp3) is 0.938. The molecule has 0 aromatic carbocycles. The van der Waals surface area contributed by atoms with E-state index in [0.29, 0.717) is 17.4 Å². The highest BCUT2D eigenvalue weighted by Gasteiger charge is 2.41. The van der Waals surface area contributed by atoms with Crippen molar-refractivity contribution in [2.75, 3.05) is 19.6 Å². The molecule has 0 aromatic rings. The number of piperazine rings is 1. The molecule has 1 aliphatic heterocycles. The number of nitrogens with one attached hydrogen (secondary N) is 1. The zero-order valence-corrected chi connectivity index (χ0v) is 13.5. The highest BCUT2D eigenvalue weighted by molar-refractivity contribution is 5.82. The molecule has 2 rings (SSSR count). The zero-order chi connectivity index (χ0) is 14.9. The van der Waals surface area contributed by atoms with Crippen LogP contribution in [-0.4, -0.2) is 42.5 Å². The van der Waals surface area contributed by atoms with Gasteiger partial charge in [0.1, 0.15) is 0 Å². The summed E-state index contributed by atoms with van der Waals surface area (Å²) in [5, 5.41) is 2.96. The van der Waals surface area contributed by atoms with Crippen LogP contribution in [-0.2, 0) is 4.79 Å². The molecule has 2 aliphatic rings. The van der Waals surface area contributed by atoms with Crippen LogP contribution in [0.15, 0.2) is 0 Å². The predicted octanol–water partition coefficient (Wildman–Crippen LogP) is 1.60. The molecule has 4 nitrogen and oxygen atoms in total. The topological polar surface area (TPSA) is 58.4 Å². The maximum absolute atomic E-state index is 11.9. The van der Waals surface area contributed by atoms with Crippen LogP contribution in [0, 0.1) is 17.3 Å². The molecule has 116 valence electrons. The molecule has 0 bridgehead atoms. The molecule has 3 N–H and O–H groups in total. The van der Waals surface area contributed by atoms with Gasteiger partial charge in [-0.2, -0.15) is 0 Å². The van der Waals surface area contributed by atoms with Crippen LogP contribution in [0.3, 0.4) is 0 Å². The third-order valence-corrected chi connectivity index (χ3v) is 5.46. The Morgan fingerprint density at radius 1 is 1.35 bits per heavy atom. The molecular weight excluding hydrogens is 250 g/mol. The molecular formula is C16H31N3O. The van der Waals surface area contributed by atoms with E-state index in [9.17, 15) is 4.79 Å². The van der Waals surface area contributed by atoms with Crippen molar-refractivity contribution < 1.29 is 4.79 Å². The standard InChI is InChI=1S/C16H31N3O/c1-11-15(20)18-7-8-19(11)14-9-13(16(2,3)4)6-5-12(14)10-17/h11-14H,5-10,17H2,1-4H3,(H,18,20). The molecule has 1 amide bonds. The summed E-state index contributed by atoms with van der Waals surface area (Å²) in [6.45, 7) is 11.5. The van der Waals surface area contributed by atoms with Crippen molar-refractivity contribution in [3.05, 3.63) is 0 Å². The first-order valence-corrected chi connectivity index (χ1v) is 8.08. The molecule has 1 saturated carbocycles. The summed E-state index contributed by atoms with van der Waals surface area (Å²) in [5.41, 5.74) is 6.35. The first kappa shape index (κ1) is 15.8. The number of hydrogen-bond acceptors (Lipinski definition) is 3. The highest BCUT2D eigenvalue weighted by Crippen LogP contribution is 2.41. The fourth-order valence-corrected chi connectivity index (χ4v) is 3.93. The van der Waals surface area contributed by atoms with Crippen LogP contribution in [0.4, 0.5) is 0 Å². The Morgan fingerprint density at radius 2 is 2.05 bits per heavy atom. The largest absolute Gasteiger partial charge is 0.353 e. The Balaban J connectivity index is 2.14. The predicted molar refractivity (Wildman–Crippen MR) is 82.3 cm³/mol. The fourth-order valence-electron chi connectivity index (χ4n) is 3.93. The van der Waals surface area contributed by atoms with E-state index in [4.69, 9.17) is 5.73 Å². The normalized spacial score (nSPS) is 36.8. The number of rotatable bonds is 2. The lowest BCUT2D eigenvalue weighted by molar-refractivity contribution is -0.131. The summed E-state index contributed by atoms with van der Waals surface area (Å²) in [6.07, 6.45) is 3.66. The Hall–Kier alpha value is -0.610. The smallest absolute Gasteiger partial charge is 0.237 e. The van der Waals surface area contributed by atoms with Crippen molar-refractivity contribution in [2.45, 2.75) is 59.0 Å². The lowest BCUT2D eigenvalue weighted by atomic mass is 9.67. The van der Waals surface area contributed by atoms with Crippen LogP contribution in [0.1, 0.15) is 47.0 Å². The van der Waals surface area contributed by atoms with Crippen LogP contribution in [0.25, 0.3) is 0 Å². The average molecular weight is 281 g/mol. The van der Waals surface area contributed by atoms with Gasteiger partial charge in [-0.3, -0.25) is 9.69 Å². The molecule has 4 heteroatoms. The minimum absolute atomic E-state index is 0.0125. The van der Waals surface area contributed by atoms with Gasteiger partial charge in [0, 0.05) is 19.1 Å². The monoisotopic (exact) mass is 281 g/mol. The van der Waals surface area contributed by atoms with Gasteiger partial charge >= 0.3 is 0 Å². The van der Waals surface area contributed by atoms with Gasteiger partial charge in [0.15, 0.2) is 0 Å². The van der Waals surface area contributed by atoms with Gasteiger partial charge in [0.05, 0.1) is 6.04 Å². The number of nitrogens with two attached hydrogens (primary N) is 1. The van der Waals surface area contributed by atoms with Crippen molar-refractivity contribution >= 4 is 5.91 Å². The van der Waals surface area contributed by atoms with E-state index >= 15 is 0 Å². The van der Waals surface area contributed by atoms with Gasteiger partial charge in [0.25, 0.3) is 0 Å². The van der Waals surface area contributed by atoms with Crippen molar-refractivity contribution in [3.8, 4) is 0 Å². The van der Waals surface area contributed by atoms with Gasteiger partial charge in [-0.05, 0) is 50.0 Å². The van der Waals surface area contributed by atoms with Crippen molar-refractivity contribution in [2.24, 2.45) is 23.0 Å². The minimum Gasteiger partial charge on any atom is -0.353 e. The molecule has 20 heavy (non-hydrogen) atoms. The SMILES string of the molecule is CC1C(=O)NCCN1C1CC(C(C)(C)C)CCC1CN. The van der Waals surface area contributed by atoms with Crippen LogP contribution >= 0.6 is 0 Å². The summed E-state index contributed by atoms with van der Waals surface area (Å²) in [7, 11) is 0. The summed E-state index contributed by atoms with van der Waals surface area (Å²) >= 11 is 0. The second-order valence-corrected chi connectivity index (χ2v) is 7.64. The Kier molecular flexibility index (Phi) is 4.75.